The van der Waals surface area contributed by atoms with Crippen LogP contribution in [0.3, 0.4) is 0 Å². The molecule has 0 aromatic heterocycles. The van der Waals surface area contributed by atoms with Crippen LogP contribution in [0.2, 0.25) is 0 Å². The Bertz CT molecular complexity index is 556. The largest absolute Gasteiger partial charge is 0.469 e. The number of carbonyl (C=O) groups excluding carboxylic acids is 1. The molecule has 0 heterocycles. The average Bonchev–Trinajstić information content (AvgIpc) is 2.38. The molecule has 0 aliphatic carbocycles. The number of ether oxygens (including phenoxy) is 1. The second-order valence-electron chi connectivity index (χ2n) is 3.79. The van der Waals surface area contributed by atoms with Crippen LogP contribution in [0.1, 0.15) is 12.0 Å². The summed E-state index contributed by atoms with van der Waals surface area (Å²) in [6, 6.07) is 14.4. The van der Waals surface area contributed by atoms with E-state index < -0.39 is 0 Å². The van der Waals surface area contributed by atoms with Crippen LogP contribution in [-0.4, -0.2) is 13.1 Å². The SMILES string of the molecule is COC(=O)C/C=C/c1ccc2ccccc2c1. The van der Waals surface area contributed by atoms with Gasteiger partial charge in [-0.25, -0.2) is 0 Å². The van der Waals surface area contributed by atoms with Crippen molar-refractivity contribution in [1.29, 1.82) is 0 Å². The summed E-state index contributed by atoms with van der Waals surface area (Å²) in [6.45, 7) is 0. The van der Waals surface area contributed by atoms with Crippen molar-refractivity contribution in [2.75, 3.05) is 7.11 Å². The maximum atomic E-state index is 10.9. The predicted molar refractivity (Wildman–Crippen MR) is 69.6 cm³/mol. The number of esters is 1. The number of hydrogen-bond donors (Lipinski definition) is 0. The van der Waals surface area contributed by atoms with Gasteiger partial charge >= 0.3 is 5.97 Å². The summed E-state index contributed by atoms with van der Waals surface area (Å²) in [6.07, 6.45) is 4.06. The molecule has 0 atom stereocenters. The Morgan fingerprint density at radius 3 is 2.71 bits per heavy atom. The van der Waals surface area contributed by atoms with E-state index in [1.807, 2.05) is 30.4 Å². The van der Waals surface area contributed by atoms with Crippen LogP contribution in [0, 0.1) is 0 Å². The van der Waals surface area contributed by atoms with E-state index in [0.29, 0.717) is 6.42 Å². The summed E-state index contributed by atoms with van der Waals surface area (Å²) in [5, 5.41) is 2.42. The molecular weight excluding hydrogens is 212 g/mol. The van der Waals surface area contributed by atoms with Gasteiger partial charge in [-0.05, 0) is 22.4 Å². The van der Waals surface area contributed by atoms with Crippen molar-refractivity contribution in [1.82, 2.24) is 0 Å². The third kappa shape index (κ3) is 2.94. The molecule has 2 aromatic carbocycles. The zero-order valence-electron chi connectivity index (χ0n) is 9.72. The molecular formula is C15H14O2. The Morgan fingerprint density at radius 2 is 1.94 bits per heavy atom. The number of fused-ring (bicyclic) bond motifs is 1. The number of hydrogen-bond acceptors (Lipinski definition) is 2. The van der Waals surface area contributed by atoms with Crippen LogP contribution in [0.15, 0.2) is 48.5 Å². The van der Waals surface area contributed by atoms with Crippen LogP contribution < -0.4 is 0 Å². The van der Waals surface area contributed by atoms with Crippen molar-refractivity contribution in [2.45, 2.75) is 6.42 Å². The quantitative estimate of drug-likeness (QED) is 0.749. The first-order valence-electron chi connectivity index (χ1n) is 5.52. The number of benzene rings is 2. The molecule has 17 heavy (non-hydrogen) atoms. The van der Waals surface area contributed by atoms with Gasteiger partial charge in [0.2, 0.25) is 0 Å². The standard InChI is InChI=1S/C15H14O2/c1-17-15(16)8-4-5-12-9-10-13-6-2-3-7-14(13)11-12/h2-7,9-11H,8H2,1H3/b5-4+. The van der Waals surface area contributed by atoms with Gasteiger partial charge in [-0.2, -0.15) is 0 Å². The predicted octanol–water partition coefficient (Wildman–Crippen LogP) is 3.42. The van der Waals surface area contributed by atoms with Gasteiger partial charge in [0, 0.05) is 0 Å². The van der Waals surface area contributed by atoms with E-state index in [4.69, 9.17) is 0 Å². The maximum absolute atomic E-state index is 10.9. The Balaban J connectivity index is 2.16. The monoisotopic (exact) mass is 226 g/mol. The molecule has 0 saturated carbocycles. The molecule has 2 nitrogen and oxygen atoms in total. The van der Waals surface area contributed by atoms with Crippen LogP contribution in [0.25, 0.3) is 16.8 Å². The van der Waals surface area contributed by atoms with E-state index in [1.54, 1.807) is 0 Å². The van der Waals surface area contributed by atoms with Crippen LogP contribution in [-0.2, 0) is 9.53 Å². The van der Waals surface area contributed by atoms with Crippen molar-refractivity contribution in [2.24, 2.45) is 0 Å². The van der Waals surface area contributed by atoms with Crippen molar-refractivity contribution in [3.05, 3.63) is 54.1 Å². The van der Waals surface area contributed by atoms with Crippen LogP contribution in [0.5, 0.6) is 0 Å². The van der Waals surface area contributed by atoms with E-state index in [-0.39, 0.29) is 5.97 Å². The first-order valence-corrected chi connectivity index (χ1v) is 5.52. The van der Waals surface area contributed by atoms with Gasteiger partial charge in [0.25, 0.3) is 0 Å². The normalized spacial score (nSPS) is 10.9. The molecule has 2 aromatic rings. The average molecular weight is 226 g/mol. The fourth-order valence-corrected chi connectivity index (χ4v) is 1.69. The van der Waals surface area contributed by atoms with Crippen LogP contribution >= 0.6 is 0 Å². The van der Waals surface area contributed by atoms with E-state index >= 15 is 0 Å². The van der Waals surface area contributed by atoms with Gasteiger partial charge in [0.15, 0.2) is 0 Å². The van der Waals surface area contributed by atoms with Gasteiger partial charge in [0.05, 0.1) is 13.5 Å². The lowest BCUT2D eigenvalue weighted by Gasteiger charge is -1.99. The highest BCUT2D eigenvalue weighted by atomic mass is 16.5. The van der Waals surface area contributed by atoms with Crippen molar-refractivity contribution >= 4 is 22.8 Å². The van der Waals surface area contributed by atoms with E-state index in [1.165, 1.54) is 17.9 Å². The molecule has 0 aliphatic heterocycles. The molecule has 2 heteroatoms. The second-order valence-corrected chi connectivity index (χ2v) is 3.79. The second kappa shape index (κ2) is 5.30. The summed E-state index contributed by atoms with van der Waals surface area (Å²) in [5.74, 6) is -0.220. The number of rotatable bonds is 3. The number of methoxy groups -OCH3 is 1. The molecule has 2 rings (SSSR count). The van der Waals surface area contributed by atoms with E-state index in [9.17, 15) is 4.79 Å². The molecule has 0 aliphatic rings. The Hall–Kier alpha value is -2.09. The van der Waals surface area contributed by atoms with Gasteiger partial charge in [-0.3, -0.25) is 4.79 Å². The fraction of sp³-hybridized carbons (Fsp3) is 0.133. The molecule has 0 N–H and O–H groups in total. The van der Waals surface area contributed by atoms with Gasteiger partial charge in [-0.1, -0.05) is 48.6 Å². The minimum Gasteiger partial charge on any atom is -0.469 e. The van der Waals surface area contributed by atoms with Crippen molar-refractivity contribution in [3.8, 4) is 0 Å². The zero-order valence-corrected chi connectivity index (χ0v) is 9.72. The molecule has 0 amide bonds. The molecule has 0 fully saturated rings. The third-order valence-corrected chi connectivity index (χ3v) is 2.60. The van der Waals surface area contributed by atoms with Crippen molar-refractivity contribution in [3.63, 3.8) is 0 Å². The van der Waals surface area contributed by atoms with Gasteiger partial charge < -0.3 is 4.74 Å². The molecule has 0 unspecified atom stereocenters. The highest BCUT2D eigenvalue weighted by Crippen LogP contribution is 2.16. The molecule has 86 valence electrons. The lowest BCUT2D eigenvalue weighted by Crippen LogP contribution is -1.96. The third-order valence-electron chi connectivity index (χ3n) is 2.60. The zero-order chi connectivity index (χ0) is 12.1. The van der Waals surface area contributed by atoms with Crippen molar-refractivity contribution < 1.29 is 9.53 Å². The highest BCUT2D eigenvalue weighted by Gasteiger charge is 1.95. The molecule has 0 saturated heterocycles. The molecule has 0 spiro atoms. The Labute approximate surface area is 101 Å². The highest BCUT2D eigenvalue weighted by molar-refractivity contribution is 5.84. The first kappa shape index (κ1) is 11.4. The smallest absolute Gasteiger partial charge is 0.309 e. The summed E-state index contributed by atoms with van der Waals surface area (Å²) in [4.78, 5) is 10.9. The van der Waals surface area contributed by atoms with E-state index in [2.05, 4.69) is 29.0 Å². The summed E-state index contributed by atoms with van der Waals surface area (Å²) in [7, 11) is 1.40. The maximum Gasteiger partial charge on any atom is 0.309 e. The van der Waals surface area contributed by atoms with E-state index in [0.717, 1.165) is 5.56 Å². The topological polar surface area (TPSA) is 26.3 Å². The fourth-order valence-electron chi connectivity index (χ4n) is 1.69. The van der Waals surface area contributed by atoms with Crippen LogP contribution in [0.4, 0.5) is 0 Å². The summed E-state index contributed by atoms with van der Waals surface area (Å²) >= 11 is 0. The summed E-state index contributed by atoms with van der Waals surface area (Å²) < 4.78 is 4.57. The lowest BCUT2D eigenvalue weighted by molar-refractivity contribution is -0.139. The molecule has 0 radical (unpaired) electrons. The molecule has 0 bridgehead atoms. The first-order chi connectivity index (χ1) is 8.29. The lowest BCUT2D eigenvalue weighted by atomic mass is 10.1. The Kier molecular flexibility index (Phi) is 3.55. The summed E-state index contributed by atoms with van der Waals surface area (Å²) in [5.41, 5.74) is 1.09. The minimum absolute atomic E-state index is 0.220. The Morgan fingerprint density at radius 1 is 1.18 bits per heavy atom. The minimum atomic E-state index is -0.220. The number of carbonyl (C=O) groups is 1. The van der Waals surface area contributed by atoms with Gasteiger partial charge in [-0.15, -0.1) is 0 Å². The van der Waals surface area contributed by atoms with Gasteiger partial charge in [0.1, 0.15) is 0 Å².